The van der Waals surface area contributed by atoms with E-state index in [4.69, 9.17) is 5.11 Å². The number of rotatable bonds is 3. The molecular weight excluding hydrogens is 216 g/mol. The molecule has 0 saturated heterocycles. The maximum Gasteiger partial charge on any atom is 0.309 e. The van der Waals surface area contributed by atoms with Gasteiger partial charge >= 0.3 is 5.97 Å². The Hall–Kier alpha value is -2.10. The van der Waals surface area contributed by atoms with Crippen molar-refractivity contribution in [3.05, 3.63) is 41.7 Å². The summed E-state index contributed by atoms with van der Waals surface area (Å²) in [7, 11) is 1.76. The van der Waals surface area contributed by atoms with Crippen LogP contribution in [0.5, 0.6) is 0 Å². The lowest BCUT2D eigenvalue weighted by atomic mass is 10.0. The molecule has 1 heterocycles. The van der Waals surface area contributed by atoms with Crippen molar-refractivity contribution in [2.24, 2.45) is 7.05 Å². The molecule has 2 rings (SSSR count). The third-order valence-electron chi connectivity index (χ3n) is 2.74. The zero-order chi connectivity index (χ0) is 12.4. The first-order valence-corrected chi connectivity index (χ1v) is 5.37. The summed E-state index contributed by atoms with van der Waals surface area (Å²) in [6, 6.07) is 7.98. The molecule has 0 aliphatic carbocycles. The zero-order valence-corrected chi connectivity index (χ0v) is 9.84. The summed E-state index contributed by atoms with van der Waals surface area (Å²) in [4.78, 5) is 10.8. The second kappa shape index (κ2) is 4.41. The number of aromatic nitrogens is 2. The van der Waals surface area contributed by atoms with E-state index in [2.05, 4.69) is 5.10 Å². The monoisotopic (exact) mass is 230 g/mol. The summed E-state index contributed by atoms with van der Waals surface area (Å²) in [5.74, 6) is -0.845. The van der Waals surface area contributed by atoms with Gasteiger partial charge in [-0.15, -0.1) is 0 Å². The lowest BCUT2D eigenvalue weighted by molar-refractivity contribution is -0.136. The summed E-state index contributed by atoms with van der Waals surface area (Å²) < 4.78 is 1.61. The van der Waals surface area contributed by atoms with Gasteiger partial charge in [-0.3, -0.25) is 9.48 Å². The number of aliphatic carboxylic acids is 1. The van der Waals surface area contributed by atoms with E-state index in [1.54, 1.807) is 17.9 Å². The van der Waals surface area contributed by atoms with Gasteiger partial charge in [-0.25, -0.2) is 0 Å². The number of nitrogens with zero attached hydrogens (tertiary/aromatic N) is 2. The van der Waals surface area contributed by atoms with E-state index in [1.807, 2.05) is 31.2 Å². The second-order valence-corrected chi connectivity index (χ2v) is 4.07. The first kappa shape index (κ1) is 11.4. The largest absolute Gasteiger partial charge is 0.481 e. The molecule has 17 heavy (non-hydrogen) atoms. The molecule has 1 aromatic carbocycles. The lowest BCUT2D eigenvalue weighted by Gasteiger charge is -2.04. The molecule has 0 bridgehead atoms. The predicted octanol–water partition coefficient (Wildman–Crippen LogP) is 2.02. The Morgan fingerprint density at radius 2 is 2.00 bits per heavy atom. The summed E-state index contributed by atoms with van der Waals surface area (Å²) in [5, 5.41) is 13.0. The van der Waals surface area contributed by atoms with Crippen molar-refractivity contribution >= 4 is 5.97 Å². The van der Waals surface area contributed by atoms with E-state index in [0.717, 1.165) is 16.8 Å². The Morgan fingerprint density at radius 1 is 1.35 bits per heavy atom. The van der Waals surface area contributed by atoms with Crippen molar-refractivity contribution in [2.45, 2.75) is 13.3 Å². The first-order valence-electron chi connectivity index (χ1n) is 5.37. The highest BCUT2D eigenvalue weighted by atomic mass is 16.4. The summed E-state index contributed by atoms with van der Waals surface area (Å²) >= 11 is 0. The molecule has 0 radical (unpaired) electrons. The predicted molar refractivity (Wildman–Crippen MR) is 64.7 cm³/mol. The molecule has 0 unspecified atom stereocenters. The van der Waals surface area contributed by atoms with Crippen molar-refractivity contribution in [3.8, 4) is 11.1 Å². The molecule has 0 aliphatic rings. The molecule has 1 aromatic heterocycles. The van der Waals surface area contributed by atoms with Gasteiger partial charge in [-0.2, -0.15) is 5.10 Å². The molecule has 0 fully saturated rings. The van der Waals surface area contributed by atoms with Gasteiger partial charge in [0, 0.05) is 12.6 Å². The molecular formula is C13H14N2O2. The molecule has 2 aromatic rings. The van der Waals surface area contributed by atoms with Crippen LogP contribution in [0.1, 0.15) is 11.3 Å². The summed E-state index contributed by atoms with van der Waals surface area (Å²) in [5.41, 5.74) is 3.79. The van der Waals surface area contributed by atoms with Gasteiger partial charge in [0.1, 0.15) is 0 Å². The minimum absolute atomic E-state index is 0.0142. The molecule has 4 heteroatoms. The van der Waals surface area contributed by atoms with Crippen molar-refractivity contribution in [3.63, 3.8) is 0 Å². The molecule has 4 nitrogen and oxygen atoms in total. The Morgan fingerprint density at radius 3 is 2.59 bits per heavy atom. The Kier molecular flexibility index (Phi) is 2.95. The molecule has 0 aliphatic heterocycles. The van der Waals surface area contributed by atoms with Crippen LogP contribution < -0.4 is 0 Å². The van der Waals surface area contributed by atoms with Crippen LogP contribution in [0.2, 0.25) is 0 Å². The van der Waals surface area contributed by atoms with Crippen LogP contribution in [0.15, 0.2) is 30.5 Å². The topological polar surface area (TPSA) is 55.1 Å². The molecule has 88 valence electrons. The highest BCUT2D eigenvalue weighted by molar-refractivity contribution is 5.75. The Labute approximate surface area is 99.5 Å². The van der Waals surface area contributed by atoms with E-state index in [0.29, 0.717) is 0 Å². The lowest BCUT2D eigenvalue weighted by Crippen LogP contribution is -2.07. The SMILES string of the molecule is Cc1ccc(-c2cnn(C)c2CC(=O)O)cc1. The van der Waals surface area contributed by atoms with Crippen molar-refractivity contribution in [1.29, 1.82) is 0 Å². The van der Waals surface area contributed by atoms with Crippen molar-refractivity contribution < 1.29 is 9.90 Å². The third kappa shape index (κ3) is 2.36. The van der Waals surface area contributed by atoms with Gasteiger partial charge in [0.25, 0.3) is 0 Å². The summed E-state index contributed by atoms with van der Waals surface area (Å²) in [6.07, 6.45) is 1.70. The fraction of sp³-hybridized carbons (Fsp3) is 0.231. The fourth-order valence-electron chi connectivity index (χ4n) is 1.79. The maximum absolute atomic E-state index is 10.8. The number of carbonyl (C=O) groups is 1. The standard InChI is InChI=1S/C13H14N2O2/c1-9-3-5-10(6-4-9)11-8-14-15(2)12(11)7-13(16)17/h3-6,8H,7H2,1-2H3,(H,16,17). The van der Waals surface area contributed by atoms with E-state index in [1.165, 1.54) is 5.56 Å². The highest BCUT2D eigenvalue weighted by Gasteiger charge is 2.13. The number of aryl methyl sites for hydroxylation is 2. The molecule has 0 spiro atoms. The van der Waals surface area contributed by atoms with Crippen molar-refractivity contribution in [2.75, 3.05) is 0 Å². The Balaban J connectivity index is 2.45. The average molecular weight is 230 g/mol. The third-order valence-corrected chi connectivity index (χ3v) is 2.74. The zero-order valence-electron chi connectivity index (χ0n) is 9.84. The number of carboxylic acid groups (broad SMARTS) is 1. The van der Waals surface area contributed by atoms with Gasteiger partial charge < -0.3 is 5.11 Å². The van der Waals surface area contributed by atoms with E-state index >= 15 is 0 Å². The second-order valence-electron chi connectivity index (χ2n) is 4.07. The maximum atomic E-state index is 10.8. The quantitative estimate of drug-likeness (QED) is 0.877. The smallest absolute Gasteiger partial charge is 0.309 e. The first-order chi connectivity index (χ1) is 8.08. The minimum atomic E-state index is -0.845. The van der Waals surface area contributed by atoms with Gasteiger partial charge in [0.15, 0.2) is 0 Å². The number of hydrogen-bond donors (Lipinski definition) is 1. The van der Waals surface area contributed by atoms with Crippen LogP contribution in [-0.4, -0.2) is 20.9 Å². The van der Waals surface area contributed by atoms with Crippen LogP contribution in [0.25, 0.3) is 11.1 Å². The van der Waals surface area contributed by atoms with Gasteiger partial charge in [-0.05, 0) is 12.5 Å². The van der Waals surface area contributed by atoms with Crippen LogP contribution in [0.3, 0.4) is 0 Å². The summed E-state index contributed by atoms with van der Waals surface area (Å²) in [6.45, 7) is 2.02. The van der Waals surface area contributed by atoms with Gasteiger partial charge in [0.05, 0.1) is 18.3 Å². The molecule has 0 saturated carbocycles. The normalized spacial score (nSPS) is 10.5. The minimum Gasteiger partial charge on any atom is -0.481 e. The van der Waals surface area contributed by atoms with Gasteiger partial charge in [0.2, 0.25) is 0 Å². The van der Waals surface area contributed by atoms with Gasteiger partial charge in [-0.1, -0.05) is 29.8 Å². The molecule has 1 N–H and O–H groups in total. The van der Waals surface area contributed by atoms with Crippen LogP contribution in [0.4, 0.5) is 0 Å². The number of carboxylic acids is 1. The average Bonchev–Trinajstić information content (AvgIpc) is 2.61. The van der Waals surface area contributed by atoms with E-state index in [-0.39, 0.29) is 6.42 Å². The van der Waals surface area contributed by atoms with Crippen LogP contribution in [0, 0.1) is 6.92 Å². The highest BCUT2D eigenvalue weighted by Crippen LogP contribution is 2.23. The van der Waals surface area contributed by atoms with E-state index < -0.39 is 5.97 Å². The Bertz CT molecular complexity index is 541. The molecule has 0 amide bonds. The molecule has 0 atom stereocenters. The van der Waals surface area contributed by atoms with Crippen LogP contribution >= 0.6 is 0 Å². The number of benzene rings is 1. The fourth-order valence-corrected chi connectivity index (χ4v) is 1.79. The number of hydrogen-bond acceptors (Lipinski definition) is 2. The van der Waals surface area contributed by atoms with Crippen LogP contribution in [-0.2, 0) is 18.3 Å². The van der Waals surface area contributed by atoms with Crippen molar-refractivity contribution in [1.82, 2.24) is 9.78 Å². The van der Waals surface area contributed by atoms with E-state index in [9.17, 15) is 4.79 Å².